The van der Waals surface area contributed by atoms with Gasteiger partial charge in [-0.05, 0) is 37.4 Å². The van der Waals surface area contributed by atoms with Gasteiger partial charge in [-0.2, -0.15) is 0 Å². The third-order valence-electron chi connectivity index (χ3n) is 3.99. The molecule has 1 aromatic carbocycles. The largest absolute Gasteiger partial charge is 0.383 e. The number of ether oxygens (including phenoxy) is 1. The van der Waals surface area contributed by atoms with Crippen LogP contribution in [0.15, 0.2) is 24.3 Å². The van der Waals surface area contributed by atoms with Gasteiger partial charge in [0.1, 0.15) is 0 Å². The second kappa shape index (κ2) is 6.87. The molecule has 0 spiro atoms. The molecule has 0 amide bonds. The van der Waals surface area contributed by atoms with E-state index in [2.05, 4.69) is 10.0 Å². The van der Waals surface area contributed by atoms with Crippen molar-refractivity contribution in [2.24, 2.45) is 0 Å². The van der Waals surface area contributed by atoms with E-state index in [0.717, 1.165) is 30.5 Å². The van der Waals surface area contributed by atoms with E-state index in [0.29, 0.717) is 13.2 Å². The van der Waals surface area contributed by atoms with Crippen LogP contribution < -0.4 is 10.0 Å². The van der Waals surface area contributed by atoms with E-state index in [1.807, 2.05) is 31.2 Å². The summed E-state index contributed by atoms with van der Waals surface area (Å²) in [6.45, 7) is 3.72. The topological polar surface area (TPSA) is 67.4 Å². The quantitative estimate of drug-likeness (QED) is 0.793. The molecule has 0 aromatic heterocycles. The fourth-order valence-electron chi connectivity index (χ4n) is 2.75. The minimum Gasteiger partial charge on any atom is -0.383 e. The number of sulfonamides is 1. The zero-order valence-corrected chi connectivity index (χ0v) is 13.5. The maximum absolute atomic E-state index is 12.3. The molecule has 0 aliphatic carbocycles. The van der Waals surface area contributed by atoms with Crippen molar-refractivity contribution in [3.63, 3.8) is 0 Å². The Kier molecular flexibility index (Phi) is 5.37. The van der Waals surface area contributed by atoms with Crippen LogP contribution in [-0.2, 0) is 20.5 Å². The van der Waals surface area contributed by atoms with Gasteiger partial charge < -0.3 is 10.1 Å². The summed E-state index contributed by atoms with van der Waals surface area (Å²) in [5.41, 5.74) is 1.56. The summed E-state index contributed by atoms with van der Waals surface area (Å²) in [4.78, 5) is 0. The highest BCUT2D eigenvalue weighted by molar-refractivity contribution is 7.88. The Labute approximate surface area is 127 Å². The molecule has 1 unspecified atom stereocenters. The van der Waals surface area contributed by atoms with Crippen molar-refractivity contribution in [3.8, 4) is 0 Å². The average Bonchev–Trinajstić information content (AvgIpc) is 2.89. The number of hydrogen-bond acceptors (Lipinski definition) is 4. The van der Waals surface area contributed by atoms with Crippen LogP contribution in [0, 0.1) is 6.92 Å². The summed E-state index contributed by atoms with van der Waals surface area (Å²) < 4.78 is 32.5. The van der Waals surface area contributed by atoms with Gasteiger partial charge in [0.05, 0.1) is 17.9 Å². The Morgan fingerprint density at radius 3 is 2.76 bits per heavy atom. The molecular weight excluding hydrogens is 288 g/mol. The van der Waals surface area contributed by atoms with Crippen LogP contribution in [0.3, 0.4) is 0 Å². The summed E-state index contributed by atoms with van der Waals surface area (Å²) in [6, 6.07) is 7.56. The fourth-order valence-corrected chi connectivity index (χ4v) is 4.08. The first-order valence-corrected chi connectivity index (χ1v) is 8.87. The molecule has 0 radical (unpaired) electrons. The van der Waals surface area contributed by atoms with Gasteiger partial charge in [-0.25, -0.2) is 13.1 Å². The number of methoxy groups -OCH3 is 1. The predicted octanol–water partition coefficient (Wildman–Crippen LogP) is 1.18. The molecule has 118 valence electrons. The molecule has 0 bridgehead atoms. The lowest BCUT2D eigenvalue weighted by atomic mass is 9.99. The fraction of sp³-hybridized carbons (Fsp3) is 0.600. The van der Waals surface area contributed by atoms with Crippen LogP contribution >= 0.6 is 0 Å². The van der Waals surface area contributed by atoms with Gasteiger partial charge in [-0.1, -0.05) is 24.3 Å². The standard InChI is InChI=1S/C15H24N2O3S/c1-13-6-3-4-7-14(13)10-21(18,19)17-11-15(12-20-2)8-5-9-16-15/h3-4,6-7,16-17H,5,8-12H2,1-2H3. The molecule has 0 saturated carbocycles. The summed E-state index contributed by atoms with van der Waals surface area (Å²) in [7, 11) is -1.70. The van der Waals surface area contributed by atoms with Gasteiger partial charge in [0.15, 0.2) is 0 Å². The summed E-state index contributed by atoms with van der Waals surface area (Å²) >= 11 is 0. The summed E-state index contributed by atoms with van der Waals surface area (Å²) in [5.74, 6) is 0.0166. The van der Waals surface area contributed by atoms with Gasteiger partial charge in [-0.15, -0.1) is 0 Å². The SMILES string of the molecule is COCC1(CNS(=O)(=O)Cc2ccccc2C)CCCN1. The molecule has 5 nitrogen and oxygen atoms in total. The van der Waals surface area contributed by atoms with Crippen LogP contribution in [0.5, 0.6) is 0 Å². The van der Waals surface area contributed by atoms with E-state index in [9.17, 15) is 8.42 Å². The van der Waals surface area contributed by atoms with Crippen LogP contribution in [0.2, 0.25) is 0 Å². The molecule has 1 fully saturated rings. The van der Waals surface area contributed by atoms with Crippen molar-refractivity contribution in [1.82, 2.24) is 10.0 Å². The van der Waals surface area contributed by atoms with Crippen LogP contribution in [0.4, 0.5) is 0 Å². The van der Waals surface area contributed by atoms with E-state index >= 15 is 0 Å². The Bertz CT molecular complexity index is 566. The number of nitrogens with one attached hydrogen (secondary N) is 2. The van der Waals surface area contributed by atoms with Crippen LogP contribution in [-0.4, -0.2) is 40.8 Å². The molecule has 1 aliphatic rings. The molecule has 1 aromatic rings. The second-order valence-electron chi connectivity index (χ2n) is 5.75. The van der Waals surface area contributed by atoms with E-state index < -0.39 is 10.0 Å². The van der Waals surface area contributed by atoms with E-state index in [-0.39, 0.29) is 11.3 Å². The van der Waals surface area contributed by atoms with Crippen molar-refractivity contribution in [3.05, 3.63) is 35.4 Å². The molecule has 21 heavy (non-hydrogen) atoms. The zero-order chi connectivity index (χ0) is 15.3. The number of aryl methyl sites for hydroxylation is 1. The monoisotopic (exact) mass is 312 g/mol. The van der Waals surface area contributed by atoms with E-state index in [4.69, 9.17) is 4.74 Å². The molecule has 2 N–H and O–H groups in total. The first-order chi connectivity index (χ1) is 9.96. The summed E-state index contributed by atoms with van der Waals surface area (Å²) in [6.07, 6.45) is 1.97. The Morgan fingerprint density at radius 2 is 2.14 bits per heavy atom. The van der Waals surface area contributed by atoms with Gasteiger partial charge in [-0.3, -0.25) is 0 Å². The van der Waals surface area contributed by atoms with Crippen molar-refractivity contribution in [1.29, 1.82) is 0 Å². The zero-order valence-electron chi connectivity index (χ0n) is 12.7. The summed E-state index contributed by atoms with van der Waals surface area (Å²) in [5, 5.41) is 3.37. The number of benzene rings is 1. The van der Waals surface area contributed by atoms with E-state index in [1.165, 1.54) is 0 Å². The lowest BCUT2D eigenvalue weighted by Crippen LogP contribution is -2.53. The smallest absolute Gasteiger partial charge is 0.215 e. The normalized spacial score (nSPS) is 22.6. The number of hydrogen-bond donors (Lipinski definition) is 2. The minimum atomic E-state index is -3.35. The Morgan fingerprint density at radius 1 is 1.38 bits per heavy atom. The van der Waals surface area contributed by atoms with Gasteiger partial charge in [0.25, 0.3) is 0 Å². The molecule has 1 saturated heterocycles. The second-order valence-corrected chi connectivity index (χ2v) is 7.56. The molecule has 2 rings (SSSR count). The average molecular weight is 312 g/mol. The molecule has 1 atom stereocenters. The van der Waals surface area contributed by atoms with Crippen molar-refractivity contribution in [2.45, 2.75) is 31.1 Å². The van der Waals surface area contributed by atoms with Gasteiger partial charge in [0.2, 0.25) is 10.0 Å². The lowest BCUT2D eigenvalue weighted by Gasteiger charge is -2.28. The lowest BCUT2D eigenvalue weighted by molar-refractivity contribution is 0.122. The molecule has 1 aliphatic heterocycles. The molecule has 1 heterocycles. The highest BCUT2D eigenvalue weighted by atomic mass is 32.2. The third kappa shape index (κ3) is 4.51. The Balaban J connectivity index is 1.99. The van der Waals surface area contributed by atoms with Crippen molar-refractivity contribution >= 4 is 10.0 Å². The third-order valence-corrected chi connectivity index (χ3v) is 5.27. The first-order valence-electron chi connectivity index (χ1n) is 7.22. The van der Waals surface area contributed by atoms with Crippen LogP contribution in [0.1, 0.15) is 24.0 Å². The highest BCUT2D eigenvalue weighted by Crippen LogP contribution is 2.19. The predicted molar refractivity (Wildman–Crippen MR) is 83.6 cm³/mol. The van der Waals surface area contributed by atoms with Crippen molar-refractivity contribution in [2.75, 3.05) is 26.8 Å². The maximum atomic E-state index is 12.3. The minimum absolute atomic E-state index is 0.0166. The highest BCUT2D eigenvalue weighted by Gasteiger charge is 2.34. The Hall–Kier alpha value is -0.950. The number of rotatable bonds is 7. The first kappa shape index (κ1) is 16.4. The maximum Gasteiger partial charge on any atom is 0.215 e. The molecular formula is C15H24N2O3S. The van der Waals surface area contributed by atoms with E-state index in [1.54, 1.807) is 7.11 Å². The van der Waals surface area contributed by atoms with Crippen molar-refractivity contribution < 1.29 is 13.2 Å². The van der Waals surface area contributed by atoms with Crippen LogP contribution in [0.25, 0.3) is 0 Å². The van der Waals surface area contributed by atoms with Gasteiger partial charge >= 0.3 is 0 Å². The van der Waals surface area contributed by atoms with Gasteiger partial charge in [0, 0.05) is 13.7 Å². The molecule has 6 heteroatoms.